The van der Waals surface area contributed by atoms with Crippen molar-refractivity contribution in [2.75, 3.05) is 25.0 Å². The monoisotopic (exact) mass is 361 g/mol. The van der Waals surface area contributed by atoms with Crippen LogP contribution in [0.2, 0.25) is 0 Å². The van der Waals surface area contributed by atoms with E-state index in [2.05, 4.69) is 15.5 Å². The van der Waals surface area contributed by atoms with Crippen LogP contribution in [-0.4, -0.2) is 41.9 Å². The maximum absolute atomic E-state index is 13.0. The Morgan fingerprint density at radius 2 is 1.65 bits per heavy atom. The number of carbonyl (C=O) groups is 2. The quantitative estimate of drug-likeness (QED) is 0.819. The number of benzene rings is 1. The van der Waals surface area contributed by atoms with Crippen molar-refractivity contribution in [2.24, 2.45) is 0 Å². The van der Waals surface area contributed by atoms with E-state index in [1.54, 1.807) is 0 Å². The highest BCUT2D eigenvalue weighted by molar-refractivity contribution is 5.91. The highest BCUT2D eigenvalue weighted by Crippen LogP contribution is 2.36. The second-order valence-electron chi connectivity index (χ2n) is 7.35. The predicted molar refractivity (Wildman–Crippen MR) is 99.3 cm³/mol. The molecule has 0 aromatic heterocycles. The molecule has 2 fully saturated rings. The first-order valence-corrected chi connectivity index (χ1v) is 9.69. The molecule has 26 heavy (non-hydrogen) atoms. The number of rotatable bonds is 6. The van der Waals surface area contributed by atoms with Crippen LogP contribution in [0.4, 0.5) is 10.1 Å². The molecule has 2 N–H and O–H groups in total. The van der Waals surface area contributed by atoms with Gasteiger partial charge in [0, 0.05) is 18.7 Å². The normalized spacial score (nSPS) is 19.9. The number of likely N-dealkylation sites (tertiary alicyclic amines) is 1. The van der Waals surface area contributed by atoms with Crippen molar-refractivity contribution in [2.45, 2.75) is 56.9 Å². The van der Waals surface area contributed by atoms with Gasteiger partial charge in [0.05, 0.1) is 0 Å². The molecule has 2 aliphatic rings. The zero-order chi connectivity index (χ0) is 18.4. The molecule has 6 heteroatoms. The Hall–Kier alpha value is -1.95. The Morgan fingerprint density at radius 1 is 1.00 bits per heavy atom. The van der Waals surface area contributed by atoms with Crippen LogP contribution in [0.5, 0.6) is 0 Å². The summed E-state index contributed by atoms with van der Waals surface area (Å²) < 4.78 is 12.9. The Kier molecular flexibility index (Phi) is 6.25. The Morgan fingerprint density at radius 3 is 2.31 bits per heavy atom. The van der Waals surface area contributed by atoms with Crippen LogP contribution in [0, 0.1) is 5.82 Å². The highest BCUT2D eigenvalue weighted by atomic mass is 19.1. The molecule has 3 rings (SSSR count). The van der Waals surface area contributed by atoms with Crippen molar-refractivity contribution in [3.63, 3.8) is 0 Å². The lowest BCUT2D eigenvalue weighted by atomic mass is 9.79. The molecule has 1 aromatic carbocycles. The number of anilines is 1. The molecular formula is C20H28FN3O2. The Bertz CT molecular complexity index is 620. The third kappa shape index (κ3) is 4.41. The van der Waals surface area contributed by atoms with Gasteiger partial charge in [0.2, 0.25) is 11.8 Å². The van der Waals surface area contributed by atoms with Crippen LogP contribution in [-0.2, 0) is 9.59 Å². The zero-order valence-electron chi connectivity index (χ0n) is 15.2. The van der Waals surface area contributed by atoms with Gasteiger partial charge in [-0.25, -0.2) is 4.39 Å². The standard InChI is InChI=1S/C20H28FN3O2/c21-16-6-8-17(9-7-16)23-18(25)10-13-22-19(26)20(11-2-1-3-12-20)24-14-4-5-15-24/h6-9H,1-5,10-15H2,(H,22,26)(H,23,25). The molecule has 1 saturated carbocycles. The fourth-order valence-corrected chi connectivity index (χ4v) is 4.18. The van der Waals surface area contributed by atoms with Gasteiger partial charge in [-0.15, -0.1) is 0 Å². The minimum Gasteiger partial charge on any atom is -0.354 e. The van der Waals surface area contributed by atoms with E-state index in [1.165, 1.54) is 30.7 Å². The van der Waals surface area contributed by atoms with Crippen LogP contribution >= 0.6 is 0 Å². The van der Waals surface area contributed by atoms with Gasteiger partial charge in [0.25, 0.3) is 0 Å². The van der Waals surface area contributed by atoms with Crippen LogP contribution in [0.25, 0.3) is 0 Å². The van der Waals surface area contributed by atoms with Crippen LogP contribution in [0.15, 0.2) is 24.3 Å². The average Bonchev–Trinajstić information content (AvgIpc) is 3.19. The van der Waals surface area contributed by atoms with E-state index in [9.17, 15) is 14.0 Å². The maximum atomic E-state index is 13.0. The van der Waals surface area contributed by atoms with Gasteiger partial charge in [-0.3, -0.25) is 14.5 Å². The largest absolute Gasteiger partial charge is 0.354 e. The van der Waals surface area contributed by atoms with Crippen molar-refractivity contribution in [3.8, 4) is 0 Å². The van der Waals surface area contributed by atoms with Crippen LogP contribution in [0.3, 0.4) is 0 Å². The molecule has 1 aromatic rings. The van der Waals surface area contributed by atoms with E-state index in [4.69, 9.17) is 0 Å². The minimum absolute atomic E-state index is 0.0775. The van der Waals surface area contributed by atoms with Gasteiger partial charge >= 0.3 is 0 Å². The molecule has 0 spiro atoms. The van der Waals surface area contributed by atoms with E-state index in [1.807, 2.05) is 0 Å². The van der Waals surface area contributed by atoms with Crippen LogP contribution < -0.4 is 10.6 Å². The molecule has 0 unspecified atom stereocenters. The number of carbonyl (C=O) groups excluding carboxylic acids is 2. The zero-order valence-corrected chi connectivity index (χ0v) is 15.2. The molecule has 5 nitrogen and oxygen atoms in total. The number of hydrogen-bond acceptors (Lipinski definition) is 3. The van der Waals surface area contributed by atoms with Gasteiger partial charge in [0.1, 0.15) is 11.4 Å². The van der Waals surface area contributed by atoms with Crippen molar-refractivity contribution < 1.29 is 14.0 Å². The fraction of sp³-hybridized carbons (Fsp3) is 0.600. The molecular weight excluding hydrogens is 333 g/mol. The smallest absolute Gasteiger partial charge is 0.240 e. The first-order chi connectivity index (χ1) is 12.6. The van der Waals surface area contributed by atoms with Crippen molar-refractivity contribution in [1.29, 1.82) is 0 Å². The predicted octanol–water partition coefficient (Wildman–Crippen LogP) is 3.07. The third-order valence-electron chi connectivity index (χ3n) is 5.58. The van der Waals surface area contributed by atoms with Gasteiger partial charge in [-0.05, 0) is 63.0 Å². The molecule has 0 atom stereocenters. The lowest BCUT2D eigenvalue weighted by molar-refractivity contribution is -0.135. The van der Waals surface area contributed by atoms with Gasteiger partial charge in [-0.1, -0.05) is 19.3 Å². The summed E-state index contributed by atoms with van der Waals surface area (Å²) in [7, 11) is 0. The lowest BCUT2D eigenvalue weighted by Crippen LogP contribution is -2.59. The van der Waals surface area contributed by atoms with E-state index in [0.717, 1.165) is 51.6 Å². The van der Waals surface area contributed by atoms with E-state index < -0.39 is 0 Å². The summed E-state index contributed by atoms with van der Waals surface area (Å²) in [5, 5.41) is 5.71. The number of hydrogen-bond donors (Lipinski definition) is 2. The van der Waals surface area contributed by atoms with E-state index in [-0.39, 0.29) is 29.6 Å². The second kappa shape index (κ2) is 8.62. The molecule has 142 valence electrons. The average molecular weight is 361 g/mol. The molecule has 1 saturated heterocycles. The second-order valence-corrected chi connectivity index (χ2v) is 7.35. The number of nitrogens with zero attached hydrogens (tertiary/aromatic N) is 1. The first-order valence-electron chi connectivity index (χ1n) is 9.69. The van der Waals surface area contributed by atoms with Gasteiger partial charge in [0.15, 0.2) is 0 Å². The topological polar surface area (TPSA) is 61.4 Å². The summed E-state index contributed by atoms with van der Waals surface area (Å²) >= 11 is 0. The summed E-state index contributed by atoms with van der Waals surface area (Å²) in [6.07, 6.45) is 7.75. The molecule has 1 heterocycles. The van der Waals surface area contributed by atoms with Crippen LogP contribution in [0.1, 0.15) is 51.4 Å². The van der Waals surface area contributed by atoms with Gasteiger partial charge < -0.3 is 10.6 Å². The summed E-state index contributed by atoms with van der Waals surface area (Å²) in [4.78, 5) is 27.3. The minimum atomic E-state index is -0.373. The highest BCUT2D eigenvalue weighted by Gasteiger charge is 2.45. The molecule has 0 radical (unpaired) electrons. The summed E-state index contributed by atoms with van der Waals surface area (Å²) in [6.45, 7) is 2.32. The molecule has 1 aliphatic carbocycles. The number of halogens is 1. The summed E-state index contributed by atoms with van der Waals surface area (Å²) in [5.74, 6) is -0.445. The van der Waals surface area contributed by atoms with Gasteiger partial charge in [-0.2, -0.15) is 0 Å². The SMILES string of the molecule is O=C(CCNC(=O)C1(N2CCCC2)CCCCC1)Nc1ccc(F)cc1. The van der Waals surface area contributed by atoms with E-state index in [0.29, 0.717) is 12.2 Å². The molecule has 1 aliphatic heterocycles. The fourth-order valence-electron chi connectivity index (χ4n) is 4.18. The number of amides is 2. The van der Waals surface area contributed by atoms with Crippen molar-refractivity contribution >= 4 is 17.5 Å². The number of nitrogens with one attached hydrogen (secondary N) is 2. The van der Waals surface area contributed by atoms with Crippen molar-refractivity contribution in [3.05, 3.63) is 30.1 Å². The first kappa shape index (κ1) is 18.8. The van der Waals surface area contributed by atoms with Crippen molar-refractivity contribution in [1.82, 2.24) is 10.2 Å². The Balaban J connectivity index is 1.50. The lowest BCUT2D eigenvalue weighted by Gasteiger charge is -2.43. The Labute approximate surface area is 154 Å². The summed E-state index contributed by atoms with van der Waals surface area (Å²) in [5.41, 5.74) is 0.186. The molecule has 0 bridgehead atoms. The third-order valence-corrected chi connectivity index (χ3v) is 5.58. The summed E-state index contributed by atoms with van der Waals surface area (Å²) in [6, 6.07) is 5.66. The maximum Gasteiger partial charge on any atom is 0.240 e. The molecule has 2 amide bonds. The van der Waals surface area contributed by atoms with E-state index >= 15 is 0 Å².